The Kier molecular flexibility index (Phi) is 6.92. The van der Waals surface area contributed by atoms with Crippen LogP contribution in [0.5, 0.6) is 5.75 Å². The van der Waals surface area contributed by atoms with Gasteiger partial charge < -0.3 is 15.4 Å². The number of hydrogen-bond acceptors (Lipinski definition) is 4. The topological polar surface area (TPSA) is 80.3 Å². The summed E-state index contributed by atoms with van der Waals surface area (Å²) < 4.78 is 5.53. The first-order chi connectivity index (χ1) is 16.0. The van der Waals surface area contributed by atoms with Gasteiger partial charge in [0.05, 0.1) is 7.11 Å². The summed E-state index contributed by atoms with van der Waals surface area (Å²) in [5.74, 6) is 0.894. The molecule has 0 aliphatic carbocycles. The molecule has 0 radical (unpaired) electrons. The molecule has 0 saturated carbocycles. The van der Waals surface area contributed by atoms with Crippen LogP contribution in [0.15, 0.2) is 60.9 Å². The van der Waals surface area contributed by atoms with Gasteiger partial charge in [-0.3, -0.25) is 14.6 Å². The number of aromatic nitrogens is 1. The third-order valence-electron chi connectivity index (χ3n) is 6.46. The van der Waals surface area contributed by atoms with Gasteiger partial charge in [0.25, 0.3) is 0 Å². The molecule has 6 nitrogen and oxygen atoms in total. The fourth-order valence-corrected chi connectivity index (χ4v) is 4.84. The maximum atomic E-state index is 12.7. The van der Waals surface area contributed by atoms with Gasteiger partial charge >= 0.3 is 0 Å². The van der Waals surface area contributed by atoms with Gasteiger partial charge in [-0.05, 0) is 61.3 Å². The Morgan fingerprint density at radius 3 is 2.70 bits per heavy atom. The molecule has 2 atom stereocenters. The summed E-state index contributed by atoms with van der Waals surface area (Å²) in [6.07, 6.45) is 7.17. The molecule has 2 heterocycles. The van der Waals surface area contributed by atoms with E-state index in [-0.39, 0.29) is 17.9 Å². The van der Waals surface area contributed by atoms with Gasteiger partial charge in [-0.25, -0.2) is 0 Å². The summed E-state index contributed by atoms with van der Waals surface area (Å²) in [6, 6.07) is 16.1. The lowest BCUT2D eigenvalue weighted by molar-refractivity contribution is -0.123. The molecule has 2 N–H and O–H groups in total. The highest BCUT2D eigenvalue weighted by Gasteiger charge is 2.38. The molecule has 0 spiro atoms. The Morgan fingerprint density at radius 1 is 1.18 bits per heavy atom. The Labute approximate surface area is 194 Å². The number of benzene rings is 2. The number of carbonyl (C=O) groups excluding carboxylic acids is 2. The van der Waals surface area contributed by atoms with Crippen LogP contribution in [-0.4, -0.2) is 35.5 Å². The largest absolute Gasteiger partial charge is 0.496 e. The lowest BCUT2D eigenvalue weighted by Crippen LogP contribution is -2.45. The summed E-state index contributed by atoms with van der Waals surface area (Å²) in [5.41, 5.74) is 1.83. The summed E-state index contributed by atoms with van der Waals surface area (Å²) >= 11 is 0. The number of pyridine rings is 1. The fraction of sp³-hybridized carbons (Fsp3) is 0.370. The van der Waals surface area contributed by atoms with Crippen LogP contribution in [0.1, 0.15) is 43.7 Å². The number of ether oxygens (including phenoxy) is 1. The maximum Gasteiger partial charge on any atom is 0.220 e. The average molecular weight is 446 g/mol. The predicted molar refractivity (Wildman–Crippen MR) is 129 cm³/mol. The average Bonchev–Trinajstić information content (AvgIpc) is 3.19. The number of carbonyl (C=O) groups is 2. The van der Waals surface area contributed by atoms with Crippen LogP contribution in [0.3, 0.4) is 0 Å². The number of fused-ring (bicyclic) bond motifs is 1. The Balaban J connectivity index is 1.45. The second-order valence-electron chi connectivity index (χ2n) is 9.01. The number of rotatable bonds is 9. The molecule has 33 heavy (non-hydrogen) atoms. The zero-order chi connectivity index (χ0) is 23.3. The van der Waals surface area contributed by atoms with Crippen molar-refractivity contribution in [3.05, 3.63) is 72.1 Å². The molecule has 172 valence electrons. The first-order valence-electron chi connectivity index (χ1n) is 11.5. The van der Waals surface area contributed by atoms with E-state index in [4.69, 9.17) is 4.74 Å². The van der Waals surface area contributed by atoms with Crippen molar-refractivity contribution in [2.45, 2.75) is 57.0 Å². The molecule has 1 aliphatic heterocycles. The van der Waals surface area contributed by atoms with Gasteiger partial charge in [-0.15, -0.1) is 0 Å². The fourth-order valence-electron chi connectivity index (χ4n) is 4.84. The highest BCUT2D eigenvalue weighted by atomic mass is 16.5. The Morgan fingerprint density at radius 2 is 2.00 bits per heavy atom. The maximum absolute atomic E-state index is 12.7. The smallest absolute Gasteiger partial charge is 0.220 e. The van der Waals surface area contributed by atoms with Gasteiger partial charge in [0.1, 0.15) is 5.75 Å². The van der Waals surface area contributed by atoms with E-state index >= 15 is 0 Å². The number of hydrogen-bond donors (Lipinski definition) is 2. The molecule has 1 saturated heterocycles. The third kappa shape index (κ3) is 5.51. The molecule has 0 unspecified atom stereocenters. The van der Waals surface area contributed by atoms with Crippen LogP contribution in [0.2, 0.25) is 0 Å². The molecule has 1 fully saturated rings. The Bertz CT molecular complexity index is 1130. The second-order valence-corrected chi connectivity index (χ2v) is 9.01. The highest BCUT2D eigenvalue weighted by molar-refractivity contribution is 5.91. The zero-order valence-electron chi connectivity index (χ0n) is 19.3. The van der Waals surface area contributed by atoms with Crippen LogP contribution in [0.4, 0.5) is 0 Å². The molecule has 1 aliphatic rings. The van der Waals surface area contributed by atoms with Gasteiger partial charge in [0, 0.05) is 42.2 Å². The van der Waals surface area contributed by atoms with Crippen LogP contribution in [-0.2, 0) is 22.4 Å². The lowest BCUT2D eigenvalue weighted by Gasteiger charge is -2.30. The van der Waals surface area contributed by atoms with Crippen molar-refractivity contribution >= 4 is 22.6 Å². The molecule has 3 aromatic rings. The van der Waals surface area contributed by atoms with Crippen LogP contribution in [0.25, 0.3) is 10.8 Å². The first-order valence-corrected chi connectivity index (χ1v) is 11.5. The van der Waals surface area contributed by atoms with Gasteiger partial charge in [-0.2, -0.15) is 0 Å². The van der Waals surface area contributed by atoms with Gasteiger partial charge in [-0.1, -0.05) is 36.4 Å². The van der Waals surface area contributed by atoms with Crippen molar-refractivity contribution in [2.75, 3.05) is 7.11 Å². The normalized spacial score (nSPS) is 18.7. The number of nitrogens with one attached hydrogen (secondary N) is 2. The molecule has 1 aromatic heterocycles. The molecular weight excluding hydrogens is 414 g/mol. The SMILES string of the molecule is COc1ccc(C[C@@]2(CCC(=O)N[C@H](C)Cc3cccnc3)CCC(=O)N2)c2ccccc12. The van der Waals surface area contributed by atoms with Crippen molar-refractivity contribution in [1.82, 2.24) is 15.6 Å². The van der Waals surface area contributed by atoms with Gasteiger partial charge in [0.2, 0.25) is 11.8 Å². The van der Waals surface area contributed by atoms with E-state index in [1.165, 1.54) is 0 Å². The minimum atomic E-state index is -0.418. The number of methoxy groups -OCH3 is 1. The monoisotopic (exact) mass is 445 g/mol. The van der Waals surface area contributed by atoms with E-state index in [0.717, 1.165) is 40.5 Å². The summed E-state index contributed by atoms with van der Waals surface area (Å²) in [4.78, 5) is 29.1. The molecule has 4 rings (SSSR count). The standard InChI is InChI=1S/C27H31N3O3/c1-19(16-20-6-5-15-28-18-20)29-25(31)11-13-27(14-12-26(32)30-27)17-21-9-10-24(33-2)23-8-4-3-7-22(21)23/h3-10,15,18-19H,11-14,16-17H2,1-2H3,(H,29,31)(H,30,32)/t19-,27-/m1/s1. The summed E-state index contributed by atoms with van der Waals surface area (Å²) in [5, 5.41) is 8.46. The van der Waals surface area contributed by atoms with E-state index in [9.17, 15) is 9.59 Å². The third-order valence-corrected chi connectivity index (χ3v) is 6.46. The van der Waals surface area contributed by atoms with E-state index in [1.807, 2.05) is 43.5 Å². The predicted octanol–water partition coefficient (Wildman–Crippen LogP) is 3.96. The van der Waals surface area contributed by atoms with Crippen LogP contribution in [0, 0.1) is 0 Å². The highest BCUT2D eigenvalue weighted by Crippen LogP contribution is 2.34. The van der Waals surface area contributed by atoms with E-state index < -0.39 is 5.54 Å². The molecule has 2 aromatic carbocycles. The summed E-state index contributed by atoms with van der Waals surface area (Å²) in [7, 11) is 1.67. The van der Waals surface area contributed by atoms with Crippen molar-refractivity contribution in [2.24, 2.45) is 0 Å². The van der Waals surface area contributed by atoms with Crippen molar-refractivity contribution in [3.63, 3.8) is 0 Å². The minimum absolute atomic E-state index is 0.00602. The van der Waals surface area contributed by atoms with E-state index in [0.29, 0.717) is 25.7 Å². The molecule has 2 amide bonds. The van der Waals surface area contributed by atoms with Crippen molar-refractivity contribution < 1.29 is 14.3 Å². The van der Waals surface area contributed by atoms with E-state index in [1.54, 1.807) is 13.3 Å². The molecule has 0 bridgehead atoms. The number of amides is 2. The van der Waals surface area contributed by atoms with Gasteiger partial charge in [0.15, 0.2) is 0 Å². The summed E-state index contributed by atoms with van der Waals surface area (Å²) in [6.45, 7) is 2.00. The molecular formula is C27H31N3O3. The minimum Gasteiger partial charge on any atom is -0.496 e. The first kappa shape index (κ1) is 22.8. The van der Waals surface area contributed by atoms with E-state index in [2.05, 4.69) is 33.8 Å². The second kappa shape index (κ2) is 10.0. The quantitative estimate of drug-likeness (QED) is 0.522. The molecule has 6 heteroatoms. The zero-order valence-corrected chi connectivity index (χ0v) is 19.3. The Hall–Kier alpha value is -3.41. The van der Waals surface area contributed by atoms with Crippen LogP contribution < -0.4 is 15.4 Å². The van der Waals surface area contributed by atoms with Crippen molar-refractivity contribution in [3.8, 4) is 5.75 Å². The lowest BCUT2D eigenvalue weighted by atomic mass is 9.83. The van der Waals surface area contributed by atoms with Crippen molar-refractivity contribution in [1.29, 1.82) is 0 Å². The van der Waals surface area contributed by atoms with Crippen LogP contribution >= 0.6 is 0 Å². The number of nitrogens with zero attached hydrogens (tertiary/aromatic N) is 1.